The van der Waals surface area contributed by atoms with Crippen LogP contribution >= 0.6 is 11.8 Å². The zero-order chi connectivity index (χ0) is 21.8. The third-order valence-corrected chi connectivity index (χ3v) is 6.31. The monoisotopic (exact) mass is 421 g/mol. The highest BCUT2D eigenvalue weighted by molar-refractivity contribution is 7.99. The van der Waals surface area contributed by atoms with E-state index in [1.165, 1.54) is 22.9 Å². The molecule has 0 aliphatic heterocycles. The lowest BCUT2D eigenvalue weighted by Gasteiger charge is -2.14. The molecule has 0 aliphatic rings. The normalized spacial score (nSPS) is 10.8. The number of aromatic nitrogens is 3. The van der Waals surface area contributed by atoms with E-state index in [4.69, 9.17) is 4.74 Å². The molecule has 0 atom stereocenters. The number of Topliss-reactive ketones (excluding diaryl/α,β-unsaturated/α-hetero) is 1. The van der Waals surface area contributed by atoms with Crippen LogP contribution in [-0.2, 0) is 6.54 Å². The number of carbonyl (C=O) groups excluding carboxylic acids is 1. The van der Waals surface area contributed by atoms with Crippen LogP contribution in [0.4, 0.5) is 0 Å². The lowest BCUT2D eigenvalue weighted by atomic mass is 9.92. The topological polar surface area (TPSA) is 57.0 Å². The molecule has 6 heteroatoms. The van der Waals surface area contributed by atoms with Crippen molar-refractivity contribution in [3.63, 3.8) is 0 Å². The molecule has 0 aliphatic carbocycles. The van der Waals surface area contributed by atoms with E-state index >= 15 is 0 Å². The van der Waals surface area contributed by atoms with E-state index in [-0.39, 0.29) is 5.78 Å². The minimum atomic E-state index is 0.102. The summed E-state index contributed by atoms with van der Waals surface area (Å²) < 4.78 is 7.44. The number of thioether (sulfide) groups is 1. The van der Waals surface area contributed by atoms with Gasteiger partial charge in [0, 0.05) is 12.1 Å². The number of carbonyl (C=O) groups is 1. The van der Waals surface area contributed by atoms with Crippen molar-refractivity contribution in [2.75, 3.05) is 12.9 Å². The van der Waals surface area contributed by atoms with Gasteiger partial charge in [0.1, 0.15) is 5.75 Å². The predicted molar refractivity (Wildman–Crippen MR) is 123 cm³/mol. The molecule has 0 bridgehead atoms. The Hall–Kier alpha value is -2.86. The van der Waals surface area contributed by atoms with Gasteiger partial charge in [-0.25, -0.2) is 0 Å². The summed E-state index contributed by atoms with van der Waals surface area (Å²) in [6, 6.07) is 9.78. The Morgan fingerprint density at radius 3 is 2.57 bits per heavy atom. The highest BCUT2D eigenvalue weighted by Crippen LogP contribution is 2.31. The van der Waals surface area contributed by atoms with E-state index in [1.807, 2.05) is 42.7 Å². The number of rotatable bonds is 8. The lowest BCUT2D eigenvalue weighted by molar-refractivity contribution is 0.102. The van der Waals surface area contributed by atoms with E-state index in [0.717, 1.165) is 28.0 Å². The highest BCUT2D eigenvalue weighted by atomic mass is 32.2. The van der Waals surface area contributed by atoms with Crippen molar-refractivity contribution in [1.82, 2.24) is 14.8 Å². The van der Waals surface area contributed by atoms with Crippen molar-refractivity contribution in [1.29, 1.82) is 0 Å². The predicted octanol–water partition coefficient (Wildman–Crippen LogP) is 5.35. The average molecular weight is 422 g/mol. The number of benzene rings is 2. The molecular weight excluding hydrogens is 394 g/mol. The Labute approximate surface area is 182 Å². The number of hydrogen-bond donors (Lipinski definition) is 0. The van der Waals surface area contributed by atoms with Gasteiger partial charge in [0.15, 0.2) is 16.8 Å². The molecule has 3 rings (SSSR count). The molecule has 2 aromatic carbocycles. The maximum Gasteiger partial charge on any atom is 0.192 e. The molecule has 0 N–H and O–H groups in total. The second-order valence-corrected chi connectivity index (χ2v) is 8.20. The van der Waals surface area contributed by atoms with Gasteiger partial charge in [0.25, 0.3) is 0 Å². The van der Waals surface area contributed by atoms with Gasteiger partial charge in [0.05, 0.1) is 18.4 Å². The van der Waals surface area contributed by atoms with Gasteiger partial charge in [-0.15, -0.1) is 16.8 Å². The fourth-order valence-corrected chi connectivity index (χ4v) is 4.45. The summed E-state index contributed by atoms with van der Waals surface area (Å²) in [4.78, 5) is 13.1. The van der Waals surface area contributed by atoms with Crippen molar-refractivity contribution in [3.05, 3.63) is 70.8 Å². The fourth-order valence-electron chi connectivity index (χ4n) is 3.63. The number of methoxy groups -OCH3 is 1. The molecule has 3 aromatic rings. The second kappa shape index (κ2) is 9.30. The van der Waals surface area contributed by atoms with E-state index < -0.39 is 0 Å². The number of hydrogen-bond acceptors (Lipinski definition) is 5. The summed E-state index contributed by atoms with van der Waals surface area (Å²) in [5.74, 6) is 1.82. The summed E-state index contributed by atoms with van der Waals surface area (Å²) in [6.07, 6.45) is 1.80. The summed E-state index contributed by atoms with van der Waals surface area (Å²) in [5.41, 5.74) is 6.12. The van der Waals surface area contributed by atoms with Crippen LogP contribution in [0.15, 0.2) is 48.1 Å². The Balaban J connectivity index is 1.90. The molecule has 0 saturated heterocycles. The van der Waals surface area contributed by atoms with E-state index in [2.05, 4.69) is 36.7 Å². The van der Waals surface area contributed by atoms with Gasteiger partial charge in [-0.2, -0.15) is 0 Å². The molecule has 0 amide bonds. The van der Waals surface area contributed by atoms with Crippen molar-refractivity contribution < 1.29 is 9.53 Å². The fraction of sp³-hybridized carbons (Fsp3) is 0.292. The van der Waals surface area contributed by atoms with E-state index in [0.29, 0.717) is 23.3 Å². The van der Waals surface area contributed by atoms with Crippen molar-refractivity contribution in [3.8, 4) is 17.1 Å². The van der Waals surface area contributed by atoms with Gasteiger partial charge >= 0.3 is 0 Å². The summed E-state index contributed by atoms with van der Waals surface area (Å²) in [6.45, 7) is 12.6. The first-order chi connectivity index (χ1) is 14.4. The maximum absolute atomic E-state index is 13.1. The molecule has 1 aromatic heterocycles. The number of ketones is 1. The molecule has 1 heterocycles. The van der Waals surface area contributed by atoms with Gasteiger partial charge in [-0.1, -0.05) is 36.0 Å². The van der Waals surface area contributed by atoms with Gasteiger partial charge in [0.2, 0.25) is 0 Å². The standard InChI is InChI=1S/C24H27N3O2S/c1-7-12-27-23(19-10-8-9-11-21(19)29-6)25-26-24(27)30-14-20(28)22-16(3)13-15(2)17(4)18(22)5/h7-11,13H,1,12,14H2,2-6H3. The van der Waals surface area contributed by atoms with Crippen LogP contribution in [0.25, 0.3) is 11.4 Å². The van der Waals surface area contributed by atoms with Crippen LogP contribution < -0.4 is 4.74 Å². The van der Waals surface area contributed by atoms with Gasteiger partial charge in [-0.05, 0) is 62.1 Å². The molecule has 30 heavy (non-hydrogen) atoms. The summed E-state index contributed by atoms with van der Waals surface area (Å²) in [7, 11) is 1.63. The van der Waals surface area contributed by atoms with Crippen LogP contribution in [-0.4, -0.2) is 33.4 Å². The Kier molecular flexibility index (Phi) is 6.77. The first kappa shape index (κ1) is 21.8. The minimum Gasteiger partial charge on any atom is -0.496 e. The Bertz CT molecular complexity index is 1100. The van der Waals surface area contributed by atoms with Crippen LogP contribution in [0.2, 0.25) is 0 Å². The molecular formula is C24H27N3O2S. The summed E-state index contributed by atoms with van der Waals surface area (Å²) >= 11 is 1.40. The maximum atomic E-state index is 13.1. The zero-order valence-corrected chi connectivity index (χ0v) is 19.0. The molecule has 0 fully saturated rings. The molecule has 5 nitrogen and oxygen atoms in total. The number of aryl methyl sites for hydroxylation is 2. The third-order valence-electron chi connectivity index (χ3n) is 5.34. The smallest absolute Gasteiger partial charge is 0.192 e. The van der Waals surface area contributed by atoms with Crippen LogP contribution in [0, 0.1) is 27.7 Å². The van der Waals surface area contributed by atoms with Crippen molar-refractivity contribution in [2.45, 2.75) is 39.4 Å². The van der Waals surface area contributed by atoms with Crippen molar-refractivity contribution >= 4 is 17.5 Å². The van der Waals surface area contributed by atoms with E-state index in [9.17, 15) is 4.79 Å². The molecule has 0 saturated carbocycles. The minimum absolute atomic E-state index is 0.102. The van der Waals surface area contributed by atoms with Gasteiger partial charge < -0.3 is 4.74 Å². The quantitative estimate of drug-likeness (QED) is 0.279. The largest absolute Gasteiger partial charge is 0.496 e. The van der Waals surface area contributed by atoms with Crippen LogP contribution in [0.5, 0.6) is 5.75 Å². The number of nitrogens with zero attached hydrogens (tertiary/aromatic N) is 3. The lowest BCUT2D eigenvalue weighted by Crippen LogP contribution is -2.10. The first-order valence-corrected chi connectivity index (χ1v) is 10.8. The highest BCUT2D eigenvalue weighted by Gasteiger charge is 2.20. The number of ether oxygens (including phenoxy) is 1. The number of para-hydroxylation sites is 1. The van der Waals surface area contributed by atoms with Gasteiger partial charge in [-0.3, -0.25) is 9.36 Å². The number of allylic oxidation sites excluding steroid dienone is 1. The molecule has 0 spiro atoms. The Morgan fingerprint density at radius 1 is 1.13 bits per heavy atom. The van der Waals surface area contributed by atoms with Crippen molar-refractivity contribution in [2.24, 2.45) is 0 Å². The Morgan fingerprint density at radius 2 is 1.87 bits per heavy atom. The third kappa shape index (κ3) is 4.19. The van der Waals surface area contributed by atoms with Crippen LogP contribution in [0.3, 0.4) is 0 Å². The molecule has 0 unspecified atom stereocenters. The molecule has 0 radical (unpaired) electrons. The zero-order valence-electron chi connectivity index (χ0n) is 18.2. The summed E-state index contributed by atoms with van der Waals surface area (Å²) in [5, 5.41) is 9.41. The second-order valence-electron chi connectivity index (χ2n) is 7.25. The SMILES string of the molecule is C=CCn1c(SCC(=O)c2c(C)cc(C)c(C)c2C)nnc1-c1ccccc1OC. The van der Waals surface area contributed by atoms with Crippen LogP contribution in [0.1, 0.15) is 32.6 Å². The first-order valence-electron chi connectivity index (χ1n) is 9.79. The van der Waals surface area contributed by atoms with E-state index in [1.54, 1.807) is 13.2 Å². The average Bonchev–Trinajstić information content (AvgIpc) is 3.13. The molecule has 156 valence electrons.